The number of carbonyl (C=O) groups is 2. The molecule has 1 saturated heterocycles. The standard InChI is InChI=1S/C50H85N3O17P2/c1-3-5-7-9-11-12-13-14-15-16-17-18-19-20-21-25-30-34-46(57)68-40(37-65-45(56)33-29-26-22-24-28-32-42(55)41(54)31-27-23-10-8-6-4-2)38-66-71(61,62)70-72(63,64)67-39-43-47(58)48(59)49(69-43)53-36-35-44(51)52-50(53)60/h11-12,14-15,17-18,23,27,35-36,40-43,47-49,54-55,58-59H,3-10,13,16,19-22,24-26,28-34,37-39H2,1-2H3,(H,61,62)(H,63,64)(H2,51,52,60)/b12-11-,15-14-,18-17-,27-23-/t40-,41-,42-,43-,47-,48-,49-/m1/s1. The van der Waals surface area contributed by atoms with Crippen molar-refractivity contribution in [2.24, 2.45) is 0 Å². The molecule has 0 radical (unpaired) electrons. The van der Waals surface area contributed by atoms with Crippen molar-refractivity contribution in [3.63, 3.8) is 0 Å². The van der Waals surface area contributed by atoms with Crippen LogP contribution in [0.5, 0.6) is 0 Å². The van der Waals surface area contributed by atoms with Crippen molar-refractivity contribution >= 4 is 33.4 Å². The summed E-state index contributed by atoms with van der Waals surface area (Å²) in [4.78, 5) is 61.9. The lowest BCUT2D eigenvalue weighted by Crippen LogP contribution is -2.36. The second kappa shape index (κ2) is 38.2. The van der Waals surface area contributed by atoms with Gasteiger partial charge in [-0.3, -0.25) is 23.2 Å². The molecular formula is C50H85N3O17P2. The zero-order valence-electron chi connectivity index (χ0n) is 42.4. The molecule has 1 aromatic rings. The number of anilines is 1. The van der Waals surface area contributed by atoms with Crippen LogP contribution in [0.2, 0.25) is 0 Å². The number of esters is 2. The van der Waals surface area contributed by atoms with Gasteiger partial charge in [0.1, 0.15) is 30.7 Å². The van der Waals surface area contributed by atoms with Crippen LogP contribution in [0.3, 0.4) is 0 Å². The van der Waals surface area contributed by atoms with Gasteiger partial charge in [0, 0.05) is 19.0 Å². The number of rotatable bonds is 42. The van der Waals surface area contributed by atoms with E-state index in [1.54, 1.807) is 0 Å². The maximum atomic E-state index is 12.9. The molecule has 1 aliphatic heterocycles. The maximum absolute atomic E-state index is 12.9. The lowest BCUT2D eigenvalue weighted by atomic mass is 10.0. The van der Waals surface area contributed by atoms with Crippen molar-refractivity contribution in [1.29, 1.82) is 0 Å². The lowest BCUT2D eigenvalue weighted by Gasteiger charge is -2.21. The van der Waals surface area contributed by atoms with Crippen molar-refractivity contribution < 1.29 is 76.5 Å². The molecule has 412 valence electrons. The number of carbonyl (C=O) groups excluding carboxylic acids is 2. The minimum atomic E-state index is -5.46. The van der Waals surface area contributed by atoms with Gasteiger partial charge < -0.3 is 50.2 Å². The zero-order valence-corrected chi connectivity index (χ0v) is 44.2. The summed E-state index contributed by atoms with van der Waals surface area (Å²) >= 11 is 0. The fraction of sp³-hybridized carbons (Fsp3) is 0.720. The SMILES string of the molecule is CCCCC/C=C\C/C=C\C/C=C\CCCCCCC(=O)O[C@H](COC(=O)CCCCCCC[C@@H](O)[C@H](O)C/C=C\CCCCC)COP(=O)(O)OP(=O)(O)OC[C@H]1O[C@@H](n2ccc(N)nc2=O)[C@H](O)[C@@H]1O. The van der Waals surface area contributed by atoms with E-state index in [1.165, 1.54) is 25.3 Å². The van der Waals surface area contributed by atoms with E-state index in [2.05, 4.69) is 59.6 Å². The minimum absolute atomic E-state index is 0.00855. The molecule has 0 bridgehead atoms. The number of unbranched alkanes of at least 4 members (excludes halogenated alkanes) is 14. The summed E-state index contributed by atoms with van der Waals surface area (Å²) in [5, 5.41) is 41.5. The Labute approximate surface area is 425 Å². The molecule has 9 atom stereocenters. The van der Waals surface area contributed by atoms with Crippen molar-refractivity contribution in [2.75, 3.05) is 25.6 Å². The third kappa shape index (κ3) is 30.1. The van der Waals surface area contributed by atoms with E-state index in [-0.39, 0.29) is 18.7 Å². The number of nitrogens with two attached hydrogens (primary N) is 1. The molecule has 2 rings (SSSR count). The smallest absolute Gasteiger partial charge is 0.462 e. The van der Waals surface area contributed by atoms with Crippen LogP contribution in [-0.4, -0.2) is 108 Å². The van der Waals surface area contributed by atoms with E-state index in [9.17, 15) is 53.7 Å². The Balaban J connectivity index is 1.84. The van der Waals surface area contributed by atoms with Gasteiger partial charge in [0.15, 0.2) is 12.3 Å². The Hall–Kier alpha value is -3.36. The molecule has 0 aliphatic carbocycles. The number of ether oxygens (including phenoxy) is 3. The number of nitrogens with zero attached hydrogens (tertiary/aromatic N) is 2. The Morgan fingerprint density at radius 3 is 1.89 bits per heavy atom. The zero-order chi connectivity index (χ0) is 53.0. The molecule has 2 heterocycles. The van der Waals surface area contributed by atoms with Crippen molar-refractivity contribution in [1.82, 2.24) is 9.55 Å². The predicted octanol–water partition coefficient (Wildman–Crippen LogP) is 8.50. The van der Waals surface area contributed by atoms with Crippen molar-refractivity contribution in [3.8, 4) is 0 Å². The van der Waals surface area contributed by atoms with Gasteiger partial charge in [-0.05, 0) is 83.1 Å². The Morgan fingerprint density at radius 2 is 1.26 bits per heavy atom. The molecule has 1 aliphatic rings. The first-order valence-corrected chi connectivity index (χ1v) is 28.8. The number of phosphoric acid groups is 2. The van der Waals surface area contributed by atoms with Gasteiger partial charge in [-0.15, -0.1) is 0 Å². The fourth-order valence-electron chi connectivity index (χ4n) is 7.40. The van der Waals surface area contributed by atoms with E-state index in [1.807, 2.05) is 12.2 Å². The summed E-state index contributed by atoms with van der Waals surface area (Å²) in [5.41, 5.74) is 4.57. The van der Waals surface area contributed by atoms with Crippen LogP contribution < -0.4 is 11.4 Å². The quantitative estimate of drug-likeness (QED) is 0.0140. The maximum Gasteiger partial charge on any atom is 0.481 e. The third-order valence-electron chi connectivity index (χ3n) is 11.6. The normalized spacial score (nSPS) is 20.3. The van der Waals surface area contributed by atoms with Gasteiger partial charge in [0.2, 0.25) is 0 Å². The summed E-state index contributed by atoms with van der Waals surface area (Å²) < 4.78 is 56.7. The number of hydrogen-bond donors (Lipinski definition) is 7. The van der Waals surface area contributed by atoms with Crippen LogP contribution in [0.1, 0.15) is 174 Å². The summed E-state index contributed by atoms with van der Waals surface area (Å²) in [6, 6.07) is 1.24. The summed E-state index contributed by atoms with van der Waals surface area (Å²) in [5.74, 6) is -1.45. The van der Waals surface area contributed by atoms with E-state index in [4.69, 9.17) is 29.0 Å². The largest absolute Gasteiger partial charge is 0.481 e. The fourth-order valence-corrected chi connectivity index (χ4v) is 9.51. The molecule has 22 heteroatoms. The molecule has 0 saturated carbocycles. The molecule has 8 N–H and O–H groups in total. The van der Waals surface area contributed by atoms with Crippen LogP contribution >= 0.6 is 15.6 Å². The number of aliphatic hydroxyl groups is 4. The minimum Gasteiger partial charge on any atom is -0.462 e. The van der Waals surface area contributed by atoms with E-state index in [0.29, 0.717) is 38.5 Å². The van der Waals surface area contributed by atoms with Crippen LogP contribution in [-0.2, 0) is 46.3 Å². The highest BCUT2D eigenvalue weighted by Gasteiger charge is 2.46. The first-order chi connectivity index (χ1) is 34.5. The molecule has 0 aromatic carbocycles. The molecule has 2 unspecified atom stereocenters. The average molecular weight is 1060 g/mol. The highest BCUT2D eigenvalue weighted by atomic mass is 31.3. The second-order valence-electron chi connectivity index (χ2n) is 18.0. The van der Waals surface area contributed by atoms with Gasteiger partial charge in [-0.25, -0.2) is 13.9 Å². The van der Waals surface area contributed by atoms with Crippen LogP contribution in [0.4, 0.5) is 5.82 Å². The van der Waals surface area contributed by atoms with Crippen LogP contribution in [0.25, 0.3) is 0 Å². The summed E-state index contributed by atoms with van der Waals surface area (Å²) in [6.07, 6.45) is 27.7. The number of allylic oxidation sites excluding steroid dienone is 7. The molecule has 0 spiro atoms. The number of nitrogen functional groups attached to an aromatic ring is 1. The summed E-state index contributed by atoms with van der Waals surface area (Å²) in [6.45, 7) is 1.90. The van der Waals surface area contributed by atoms with E-state index in [0.717, 1.165) is 94.2 Å². The third-order valence-corrected chi connectivity index (χ3v) is 14.2. The van der Waals surface area contributed by atoms with Gasteiger partial charge in [0.25, 0.3) is 0 Å². The number of hydrogen-bond acceptors (Lipinski definition) is 17. The van der Waals surface area contributed by atoms with E-state index < -0.39 is 95.9 Å². The van der Waals surface area contributed by atoms with Crippen molar-refractivity contribution in [2.45, 2.75) is 211 Å². The molecule has 20 nitrogen and oxygen atoms in total. The van der Waals surface area contributed by atoms with Gasteiger partial charge in [-0.2, -0.15) is 9.29 Å². The molecule has 72 heavy (non-hydrogen) atoms. The highest BCUT2D eigenvalue weighted by Crippen LogP contribution is 2.60. The topological polar surface area (TPSA) is 306 Å². The molecule has 1 fully saturated rings. The number of aliphatic hydroxyl groups excluding tert-OH is 4. The summed E-state index contributed by atoms with van der Waals surface area (Å²) in [7, 11) is -10.9. The Morgan fingerprint density at radius 1 is 0.722 bits per heavy atom. The molecule has 1 aromatic heterocycles. The van der Waals surface area contributed by atoms with Gasteiger partial charge in [-0.1, -0.05) is 127 Å². The van der Waals surface area contributed by atoms with Crippen molar-refractivity contribution in [3.05, 3.63) is 71.4 Å². The van der Waals surface area contributed by atoms with Crippen LogP contribution in [0.15, 0.2) is 65.7 Å². The Kier molecular flexibility index (Phi) is 34.4. The number of aromatic nitrogens is 2. The Bertz CT molecular complexity index is 1930. The average Bonchev–Trinajstić information content (AvgIpc) is 3.61. The lowest BCUT2D eigenvalue weighted by molar-refractivity contribution is -0.161. The molecule has 0 amide bonds. The monoisotopic (exact) mass is 1060 g/mol. The predicted molar refractivity (Wildman–Crippen MR) is 273 cm³/mol. The van der Waals surface area contributed by atoms with Gasteiger partial charge >= 0.3 is 33.3 Å². The highest BCUT2D eigenvalue weighted by molar-refractivity contribution is 7.61. The first kappa shape index (κ1) is 64.8. The molecular weight excluding hydrogens is 977 g/mol. The second-order valence-corrected chi connectivity index (χ2v) is 21.0. The first-order valence-electron chi connectivity index (χ1n) is 25.8. The number of phosphoric ester groups is 2. The van der Waals surface area contributed by atoms with Crippen LogP contribution in [0, 0.1) is 0 Å². The van der Waals surface area contributed by atoms with Gasteiger partial charge in [0.05, 0.1) is 25.4 Å². The van der Waals surface area contributed by atoms with E-state index >= 15 is 0 Å².